The number of anilines is 1. The molecule has 88 valence electrons. The van der Waals surface area contributed by atoms with Crippen LogP contribution in [0.3, 0.4) is 0 Å². The zero-order chi connectivity index (χ0) is 12.1. The van der Waals surface area contributed by atoms with Gasteiger partial charge in [-0.15, -0.1) is 0 Å². The van der Waals surface area contributed by atoms with Gasteiger partial charge in [-0.25, -0.2) is 0 Å². The fourth-order valence-corrected chi connectivity index (χ4v) is 2.08. The topological polar surface area (TPSA) is 55.1 Å². The number of nitrogens with two attached hydrogens (primary N) is 1. The van der Waals surface area contributed by atoms with Crippen LogP contribution in [-0.2, 0) is 4.79 Å². The van der Waals surface area contributed by atoms with Crippen LogP contribution >= 0.6 is 22.6 Å². The summed E-state index contributed by atoms with van der Waals surface area (Å²) in [5.41, 5.74) is 7.65. The van der Waals surface area contributed by atoms with Crippen molar-refractivity contribution in [1.82, 2.24) is 0 Å². The van der Waals surface area contributed by atoms with Crippen LogP contribution in [0.5, 0.6) is 0 Å². The lowest BCUT2D eigenvalue weighted by Crippen LogP contribution is -2.35. The molecule has 0 bridgehead atoms. The highest BCUT2D eigenvalue weighted by Gasteiger charge is 2.12. The Bertz CT molecular complexity index is 379. The van der Waals surface area contributed by atoms with E-state index in [4.69, 9.17) is 5.73 Å². The summed E-state index contributed by atoms with van der Waals surface area (Å²) >= 11 is 2.25. The molecule has 1 aromatic rings. The van der Waals surface area contributed by atoms with Crippen LogP contribution < -0.4 is 11.1 Å². The lowest BCUT2D eigenvalue weighted by Gasteiger charge is -2.13. The van der Waals surface area contributed by atoms with Crippen molar-refractivity contribution in [3.05, 3.63) is 27.3 Å². The van der Waals surface area contributed by atoms with Crippen LogP contribution in [0, 0.1) is 10.5 Å². The second-order valence-electron chi connectivity index (χ2n) is 3.84. The van der Waals surface area contributed by atoms with Gasteiger partial charge in [0, 0.05) is 9.26 Å². The van der Waals surface area contributed by atoms with E-state index < -0.39 is 6.04 Å². The van der Waals surface area contributed by atoms with Crippen LogP contribution in [0.25, 0.3) is 0 Å². The number of hydrogen-bond donors (Lipinski definition) is 2. The normalized spacial score (nSPS) is 12.2. The number of halogens is 1. The maximum Gasteiger partial charge on any atom is 0.241 e. The number of hydrogen-bond acceptors (Lipinski definition) is 2. The van der Waals surface area contributed by atoms with E-state index in [-0.39, 0.29) is 5.91 Å². The fraction of sp³-hybridized carbons (Fsp3) is 0.417. The van der Waals surface area contributed by atoms with Crippen molar-refractivity contribution >= 4 is 34.2 Å². The van der Waals surface area contributed by atoms with Crippen molar-refractivity contribution in [2.75, 3.05) is 5.32 Å². The molecular formula is C12H17IN2O. The number of aryl methyl sites for hydroxylation is 1. The average Bonchev–Trinajstić information content (AvgIpc) is 2.22. The third-order valence-electron chi connectivity index (χ3n) is 2.38. The number of amides is 1. The summed E-state index contributed by atoms with van der Waals surface area (Å²) in [6.07, 6.45) is 1.63. The molecule has 16 heavy (non-hydrogen) atoms. The lowest BCUT2D eigenvalue weighted by molar-refractivity contribution is -0.117. The molecule has 0 fully saturated rings. The molecule has 3 N–H and O–H groups in total. The van der Waals surface area contributed by atoms with Crippen molar-refractivity contribution in [3.63, 3.8) is 0 Å². The van der Waals surface area contributed by atoms with Gasteiger partial charge < -0.3 is 11.1 Å². The molecule has 0 heterocycles. The summed E-state index contributed by atoms with van der Waals surface area (Å²) in [6, 6.07) is 5.49. The maximum absolute atomic E-state index is 11.7. The van der Waals surface area contributed by atoms with E-state index in [1.165, 1.54) is 0 Å². The second-order valence-corrected chi connectivity index (χ2v) is 5.09. The van der Waals surface area contributed by atoms with Crippen molar-refractivity contribution < 1.29 is 4.79 Å². The summed E-state index contributed by atoms with van der Waals surface area (Å²) in [4.78, 5) is 11.7. The predicted octanol–water partition coefficient (Wildman–Crippen LogP) is 2.67. The number of rotatable bonds is 4. The van der Waals surface area contributed by atoms with Gasteiger partial charge in [0.1, 0.15) is 0 Å². The minimum Gasteiger partial charge on any atom is -0.324 e. The molecule has 1 atom stereocenters. The average molecular weight is 332 g/mol. The Hall–Kier alpha value is -0.620. The van der Waals surface area contributed by atoms with Gasteiger partial charge in [0.2, 0.25) is 5.91 Å². The predicted molar refractivity (Wildman–Crippen MR) is 75.4 cm³/mol. The van der Waals surface area contributed by atoms with Gasteiger partial charge in [0.05, 0.1) is 6.04 Å². The third-order valence-corrected chi connectivity index (χ3v) is 3.05. The molecular weight excluding hydrogens is 315 g/mol. The van der Waals surface area contributed by atoms with Crippen molar-refractivity contribution in [3.8, 4) is 0 Å². The van der Waals surface area contributed by atoms with E-state index in [0.29, 0.717) is 0 Å². The molecule has 0 saturated heterocycles. The smallest absolute Gasteiger partial charge is 0.241 e. The summed E-state index contributed by atoms with van der Waals surface area (Å²) in [5.74, 6) is -0.105. The Morgan fingerprint density at radius 1 is 1.56 bits per heavy atom. The first-order valence-corrected chi connectivity index (χ1v) is 6.45. The highest BCUT2D eigenvalue weighted by Crippen LogP contribution is 2.17. The van der Waals surface area contributed by atoms with Crippen LogP contribution in [0.1, 0.15) is 25.3 Å². The van der Waals surface area contributed by atoms with Gasteiger partial charge in [0.25, 0.3) is 0 Å². The maximum atomic E-state index is 11.7. The Balaban J connectivity index is 2.69. The monoisotopic (exact) mass is 332 g/mol. The SMILES string of the molecule is CCC[C@@H](N)C(=O)Nc1ccc(I)cc1C. The largest absolute Gasteiger partial charge is 0.324 e. The molecule has 0 unspecified atom stereocenters. The molecule has 0 spiro atoms. The molecule has 3 nitrogen and oxygen atoms in total. The third kappa shape index (κ3) is 3.75. The van der Waals surface area contributed by atoms with Crippen molar-refractivity contribution in [2.45, 2.75) is 32.7 Å². The fourth-order valence-electron chi connectivity index (χ4n) is 1.43. The molecule has 4 heteroatoms. The van der Waals surface area contributed by atoms with Crippen molar-refractivity contribution in [2.24, 2.45) is 5.73 Å². The summed E-state index contributed by atoms with van der Waals surface area (Å²) in [6.45, 7) is 3.99. The summed E-state index contributed by atoms with van der Waals surface area (Å²) in [7, 11) is 0. The standard InChI is InChI=1S/C12H17IN2O/c1-3-4-10(14)12(16)15-11-6-5-9(13)7-8(11)2/h5-7,10H,3-4,14H2,1-2H3,(H,15,16)/t10-/m1/s1. The molecule has 1 amide bonds. The molecule has 0 radical (unpaired) electrons. The van der Waals surface area contributed by atoms with E-state index in [0.717, 1.165) is 27.7 Å². The van der Waals surface area contributed by atoms with Gasteiger partial charge in [0.15, 0.2) is 0 Å². The van der Waals surface area contributed by atoms with Gasteiger partial charge in [-0.3, -0.25) is 4.79 Å². The molecule has 0 aliphatic heterocycles. The molecule has 1 rings (SSSR count). The molecule has 0 saturated carbocycles. The minimum atomic E-state index is -0.413. The van der Waals surface area contributed by atoms with Crippen LogP contribution in [0.4, 0.5) is 5.69 Å². The highest BCUT2D eigenvalue weighted by atomic mass is 127. The molecule has 0 aromatic heterocycles. The van der Waals surface area contributed by atoms with Gasteiger partial charge >= 0.3 is 0 Å². The first-order chi connectivity index (χ1) is 7.54. The van der Waals surface area contributed by atoms with E-state index in [1.807, 2.05) is 32.0 Å². The van der Waals surface area contributed by atoms with Gasteiger partial charge in [-0.2, -0.15) is 0 Å². The van der Waals surface area contributed by atoms with E-state index in [2.05, 4.69) is 27.9 Å². The van der Waals surface area contributed by atoms with Crippen molar-refractivity contribution in [1.29, 1.82) is 0 Å². The Morgan fingerprint density at radius 2 is 2.25 bits per heavy atom. The lowest BCUT2D eigenvalue weighted by atomic mass is 10.1. The highest BCUT2D eigenvalue weighted by molar-refractivity contribution is 14.1. The minimum absolute atomic E-state index is 0.105. The number of nitrogens with one attached hydrogen (secondary N) is 1. The van der Waals surface area contributed by atoms with E-state index in [9.17, 15) is 4.79 Å². The molecule has 0 aliphatic carbocycles. The zero-order valence-corrected chi connectivity index (χ0v) is 11.7. The van der Waals surface area contributed by atoms with Gasteiger partial charge in [-0.1, -0.05) is 13.3 Å². The first kappa shape index (κ1) is 13.4. The van der Waals surface area contributed by atoms with Crippen LogP contribution in [0.15, 0.2) is 18.2 Å². The summed E-state index contributed by atoms with van der Waals surface area (Å²) in [5, 5.41) is 2.85. The van der Waals surface area contributed by atoms with Crippen LogP contribution in [0.2, 0.25) is 0 Å². The van der Waals surface area contributed by atoms with Crippen LogP contribution in [-0.4, -0.2) is 11.9 Å². The van der Waals surface area contributed by atoms with Gasteiger partial charge in [-0.05, 0) is 59.7 Å². The summed E-state index contributed by atoms with van der Waals surface area (Å²) < 4.78 is 1.16. The molecule has 1 aromatic carbocycles. The Morgan fingerprint density at radius 3 is 2.81 bits per heavy atom. The second kappa shape index (κ2) is 6.20. The molecule has 0 aliphatic rings. The Kier molecular flexibility index (Phi) is 5.21. The number of carbonyl (C=O) groups excluding carboxylic acids is 1. The number of benzene rings is 1. The quantitative estimate of drug-likeness (QED) is 0.833. The van der Waals surface area contributed by atoms with E-state index in [1.54, 1.807) is 0 Å². The Labute approximate surface area is 110 Å². The van der Waals surface area contributed by atoms with E-state index >= 15 is 0 Å². The number of carbonyl (C=O) groups is 1. The zero-order valence-electron chi connectivity index (χ0n) is 9.59. The first-order valence-electron chi connectivity index (χ1n) is 5.37.